The maximum atomic E-state index is 5.67. The molecule has 0 saturated carbocycles. The lowest BCUT2D eigenvalue weighted by Gasteiger charge is -2.09. The minimum Gasteiger partial charge on any atom is -0.456 e. The van der Waals surface area contributed by atoms with E-state index in [2.05, 4.69) is 26.4 Å². The van der Waals surface area contributed by atoms with E-state index in [1.807, 2.05) is 42.5 Å². The number of benzene rings is 1. The van der Waals surface area contributed by atoms with E-state index in [-0.39, 0.29) is 6.10 Å². The number of nitrogens with one attached hydrogen (secondary N) is 1. The zero-order chi connectivity index (χ0) is 13.1. The van der Waals surface area contributed by atoms with Crippen LogP contribution in [0.15, 0.2) is 59.5 Å². The Hall–Kier alpha value is -1.85. The fourth-order valence-corrected chi connectivity index (χ4v) is 2.09. The van der Waals surface area contributed by atoms with Gasteiger partial charge in [0.2, 0.25) is 0 Å². The molecule has 2 heterocycles. The molecule has 1 atom stereocenters. The Morgan fingerprint density at radius 1 is 1.16 bits per heavy atom. The first-order valence-corrected chi connectivity index (χ1v) is 6.57. The summed E-state index contributed by atoms with van der Waals surface area (Å²) in [6, 6.07) is 11.5. The van der Waals surface area contributed by atoms with E-state index in [0.717, 1.165) is 21.7 Å². The van der Waals surface area contributed by atoms with Crippen molar-refractivity contribution in [3.05, 3.63) is 65.0 Å². The molecule has 2 aromatic rings. The number of aromatic nitrogens is 1. The molecule has 1 aromatic heterocycles. The lowest BCUT2D eigenvalue weighted by atomic mass is 10.1. The van der Waals surface area contributed by atoms with Gasteiger partial charge in [-0.05, 0) is 51.8 Å². The summed E-state index contributed by atoms with van der Waals surface area (Å²) in [5.74, 6) is 1.49. The van der Waals surface area contributed by atoms with E-state index in [1.54, 1.807) is 12.4 Å². The number of hydroxylamine groups is 1. The van der Waals surface area contributed by atoms with E-state index in [1.165, 1.54) is 0 Å². The Kier molecular flexibility index (Phi) is 3.48. The van der Waals surface area contributed by atoms with Crippen molar-refractivity contribution in [1.29, 1.82) is 0 Å². The lowest BCUT2D eigenvalue weighted by Crippen LogP contribution is -2.05. The summed E-state index contributed by atoms with van der Waals surface area (Å²) in [6.07, 6.45) is 5.26. The Morgan fingerprint density at radius 3 is 2.63 bits per heavy atom. The van der Waals surface area contributed by atoms with E-state index in [9.17, 15) is 0 Å². The average Bonchev–Trinajstić information content (AvgIpc) is 2.87. The number of hydrogen-bond donors (Lipinski definition) is 1. The summed E-state index contributed by atoms with van der Waals surface area (Å²) in [5.41, 5.74) is 3.82. The molecule has 1 aliphatic rings. The molecular formula is C14H11BrN2O2. The molecule has 19 heavy (non-hydrogen) atoms. The van der Waals surface area contributed by atoms with Crippen molar-refractivity contribution >= 4 is 15.9 Å². The van der Waals surface area contributed by atoms with E-state index in [4.69, 9.17) is 9.57 Å². The van der Waals surface area contributed by atoms with Crippen LogP contribution in [0, 0.1) is 0 Å². The van der Waals surface area contributed by atoms with Gasteiger partial charge in [0, 0.05) is 6.20 Å². The maximum Gasteiger partial charge on any atom is 0.145 e. The van der Waals surface area contributed by atoms with Crippen LogP contribution in [0.2, 0.25) is 0 Å². The minimum absolute atomic E-state index is 0.0817. The van der Waals surface area contributed by atoms with Crippen LogP contribution >= 0.6 is 15.9 Å². The molecule has 0 amide bonds. The predicted octanol–water partition coefficient (Wildman–Crippen LogP) is 3.69. The summed E-state index contributed by atoms with van der Waals surface area (Å²) in [5, 5.41) is 0. The van der Waals surface area contributed by atoms with Gasteiger partial charge in [0.15, 0.2) is 0 Å². The number of hydrogen-bond acceptors (Lipinski definition) is 4. The van der Waals surface area contributed by atoms with Crippen molar-refractivity contribution in [3.8, 4) is 11.5 Å². The number of halogens is 1. The van der Waals surface area contributed by atoms with Gasteiger partial charge in [0.25, 0.3) is 0 Å². The maximum absolute atomic E-state index is 5.67. The fraction of sp³-hybridized carbons (Fsp3) is 0.0714. The monoisotopic (exact) mass is 318 g/mol. The normalized spacial score (nSPS) is 17.7. The summed E-state index contributed by atoms with van der Waals surface area (Å²) in [6.45, 7) is 0. The second-order valence-corrected chi connectivity index (χ2v) is 4.87. The second kappa shape index (κ2) is 5.42. The van der Waals surface area contributed by atoms with Gasteiger partial charge in [-0.3, -0.25) is 15.3 Å². The van der Waals surface area contributed by atoms with Crippen LogP contribution in [0.1, 0.15) is 11.7 Å². The standard InChI is InChI=1S/C14H11BrN2O2/c15-14-8-13(19-17-14)10-3-5-11(6-4-10)18-12-2-1-7-16-9-12/h1-9,13,17H/t13-/m1/s1. The smallest absolute Gasteiger partial charge is 0.145 e. The van der Waals surface area contributed by atoms with Gasteiger partial charge in [0.05, 0.1) is 6.20 Å². The van der Waals surface area contributed by atoms with Crippen molar-refractivity contribution in [2.24, 2.45) is 0 Å². The van der Waals surface area contributed by atoms with Crippen LogP contribution in [0.3, 0.4) is 0 Å². The van der Waals surface area contributed by atoms with Crippen molar-refractivity contribution in [2.75, 3.05) is 0 Å². The predicted molar refractivity (Wildman–Crippen MR) is 74.7 cm³/mol. The third-order valence-corrected chi connectivity index (χ3v) is 3.09. The van der Waals surface area contributed by atoms with Crippen LogP contribution < -0.4 is 10.2 Å². The summed E-state index contributed by atoms with van der Waals surface area (Å²) >= 11 is 3.33. The molecule has 96 valence electrons. The summed E-state index contributed by atoms with van der Waals surface area (Å²) in [4.78, 5) is 9.37. The highest BCUT2D eigenvalue weighted by Crippen LogP contribution is 2.28. The van der Waals surface area contributed by atoms with E-state index in [0.29, 0.717) is 0 Å². The van der Waals surface area contributed by atoms with E-state index >= 15 is 0 Å². The largest absolute Gasteiger partial charge is 0.456 e. The minimum atomic E-state index is -0.0817. The number of pyridine rings is 1. The van der Waals surface area contributed by atoms with Crippen molar-refractivity contribution in [1.82, 2.24) is 10.5 Å². The zero-order valence-corrected chi connectivity index (χ0v) is 11.5. The molecule has 0 bridgehead atoms. The molecule has 0 fully saturated rings. The van der Waals surface area contributed by atoms with Gasteiger partial charge in [-0.1, -0.05) is 12.1 Å². The molecule has 1 aromatic carbocycles. The molecule has 3 rings (SSSR count). The summed E-state index contributed by atoms with van der Waals surface area (Å²) < 4.78 is 6.51. The van der Waals surface area contributed by atoms with Crippen LogP contribution in [-0.2, 0) is 4.84 Å². The SMILES string of the molecule is BrC1=C[C@H](c2ccc(Oc3cccnc3)cc2)ON1. The van der Waals surface area contributed by atoms with Gasteiger partial charge in [0.1, 0.15) is 22.2 Å². The first kappa shape index (κ1) is 12.2. The third kappa shape index (κ3) is 2.94. The van der Waals surface area contributed by atoms with Crippen LogP contribution in [0.25, 0.3) is 0 Å². The molecule has 0 unspecified atom stereocenters. The second-order valence-electron chi connectivity index (χ2n) is 4.01. The molecule has 0 saturated heterocycles. The highest BCUT2D eigenvalue weighted by atomic mass is 79.9. The van der Waals surface area contributed by atoms with Crippen molar-refractivity contribution < 1.29 is 9.57 Å². The number of nitrogens with zero attached hydrogens (tertiary/aromatic N) is 1. The third-order valence-electron chi connectivity index (χ3n) is 2.66. The Bertz CT molecular complexity index is 584. The first-order valence-electron chi connectivity index (χ1n) is 5.78. The Balaban J connectivity index is 1.73. The molecule has 0 spiro atoms. The van der Waals surface area contributed by atoms with Gasteiger partial charge in [-0.2, -0.15) is 0 Å². The van der Waals surface area contributed by atoms with E-state index < -0.39 is 0 Å². The molecule has 5 heteroatoms. The highest BCUT2D eigenvalue weighted by Gasteiger charge is 2.16. The fourth-order valence-electron chi connectivity index (χ4n) is 1.75. The zero-order valence-electron chi connectivity index (χ0n) is 9.92. The van der Waals surface area contributed by atoms with Crippen molar-refractivity contribution in [3.63, 3.8) is 0 Å². The quantitative estimate of drug-likeness (QED) is 0.877. The van der Waals surface area contributed by atoms with Gasteiger partial charge in [-0.15, -0.1) is 0 Å². The Morgan fingerprint density at radius 2 is 2.00 bits per heavy atom. The van der Waals surface area contributed by atoms with Crippen LogP contribution in [0.4, 0.5) is 0 Å². The molecule has 1 N–H and O–H groups in total. The molecule has 4 nitrogen and oxygen atoms in total. The highest BCUT2D eigenvalue weighted by molar-refractivity contribution is 9.11. The number of ether oxygens (including phenoxy) is 1. The topological polar surface area (TPSA) is 43.4 Å². The van der Waals surface area contributed by atoms with Gasteiger partial charge < -0.3 is 4.74 Å². The van der Waals surface area contributed by atoms with Crippen LogP contribution in [-0.4, -0.2) is 4.98 Å². The van der Waals surface area contributed by atoms with Crippen LogP contribution in [0.5, 0.6) is 11.5 Å². The average molecular weight is 319 g/mol. The summed E-state index contributed by atoms with van der Waals surface area (Å²) in [7, 11) is 0. The van der Waals surface area contributed by atoms with Crippen molar-refractivity contribution in [2.45, 2.75) is 6.10 Å². The molecule has 1 aliphatic heterocycles. The first-order chi connectivity index (χ1) is 9.31. The molecule has 0 aliphatic carbocycles. The molecular weight excluding hydrogens is 308 g/mol. The number of rotatable bonds is 3. The van der Waals surface area contributed by atoms with Gasteiger partial charge >= 0.3 is 0 Å². The van der Waals surface area contributed by atoms with Gasteiger partial charge in [-0.25, -0.2) is 0 Å². The lowest BCUT2D eigenvalue weighted by molar-refractivity contribution is 0.0458. The Labute approximate surface area is 119 Å². The molecule has 0 radical (unpaired) electrons.